The van der Waals surface area contributed by atoms with Crippen LogP contribution >= 0.6 is 0 Å². The molecule has 1 amide bonds. The first kappa shape index (κ1) is 16.0. The largest absolute Gasteiger partial charge is 0.356 e. The maximum Gasteiger partial charge on any atom is 0.220 e. The van der Waals surface area contributed by atoms with Gasteiger partial charge in [-0.2, -0.15) is 0 Å². The van der Waals surface area contributed by atoms with Crippen molar-refractivity contribution in [3.05, 3.63) is 0 Å². The van der Waals surface area contributed by atoms with E-state index in [9.17, 15) is 4.79 Å². The monoisotopic (exact) mass is 238 g/mol. The highest BCUT2D eigenvalue weighted by Gasteiger charge is 2.09. The Balaban J connectivity index is 3.61. The molecule has 1 unspecified atom stereocenters. The lowest BCUT2D eigenvalue weighted by Gasteiger charge is -2.14. The van der Waals surface area contributed by atoms with Gasteiger partial charge in [-0.3, -0.25) is 4.79 Å². The van der Waals surface area contributed by atoms with Crippen molar-refractivity contribution in [3.63, 3.8) is 0 Å². The molecule has 0 aliphatic heterocycles. The lowest BCUT2D eigenvalue weighted by Crippen LogP contribution is -2.25. The number of nitrogens with one attached hydrogen (secondary N) is 1. The molecule has 0 aromatic carbocycles. The second kappa shape index (κ2) is 11.5. The van der Waals surface area contributed by atoms with Crippen molar-refractivity contribution in [2.24, 2.45) is 11.7 Å². The first-order valence-electron chi connectivity index (χ1n) is 6.64. The summed E-state index contributed by atoms with van der Waals surface area (Å²) in [6.45, 7) is 3.58. The minimum absolute atomic E-state index is 0.139. The van der Waals surface area contributed by atoms with Gasteiger partial charge in [-0.05, 0) is 31.7 Å². The SMILES string of the molecule is C#CCCCNC(=O)CCC(CCC)CCN. The first-order chi connectivity index (χ1) is 8.24. The van der Waals surface area contributed by atoms with E-state index in [1.807, 2.05) is 0 Å². The molecule has 3 nitrogen and oxygen atoms in total. The van der Waals surface area contributed by atoms with Gasteiger partial charge in [-0.1, -0.05) is 19.8 Å². The summed E-state index contributed by atoms with van der Waals surface area (Å²) in [5.41, 5.74) is 5.56. The van der Waals surface area contributed by atoms with E-state index in [-0.39, 0.29) is 5.91 Å². The molecule has 3 heteroatoms. The van der Waals surface area contributed by atoms with Gasteiger partial charge < -0.3 is 11.1 Å². The normalized spacial score (nSPS) is 11.8. The number of hydrogen-bond donors (Lipinski definition) is 2. The second-order valence-electron chi connectivity index (χ2n) is 4.43. The number of rotatable bonds is 10. The molecule has 3 N–H and O–H groups in total. The fourth-order valence-corrected chi connectivity index (χ4v) is 1.92. The zero-order chi connectivity index (χ0) is 12.9. The molecule has 0 bridgehead atoms. The number of amides is 1. The Hall–Kier alpha value is -1.01. The lowest BCUT2D eigenvalue weighted by atomic mass is 9.94. The van der Waals surface area contributed by atoms with Crippen LogP contribution in [0.4, 0.5) is 0 Å². The molecule has 17 heavy (non-hydrogen) atoms. The average molecular weight is 238 g/mol. The molecular weight excluding hydrogens is 212 g/mol. The van der Waals surface area contributed by atoms with Gasteiger partial charge in [-0.25, -0.2) is 0 Å². The van der Waals surface area contributed by atoms with E-state index in [1.54, 1.807) is 0 Å². The van der Waals surface area contributed by atoms with Crippen molar-refractivity contribution in [1.82, 2.24) is 5.32 Å². The highest BCUT2D eigenvalue weighted by Crippen LogP contribution is 2.16. The summed E-state index contributed by atoms with van der Waals surface area (Å²) in [5.74, 6) is 3.30. The summed E-state index contributed by atoms with van der Waals surface area (Å²) < 4.78 is 0. The molecule has 0 fully saturated rings. The van der Waals surface area contributed by atoms with Crippen LogP contribution < -0.4 is 11.1 Å². The standard InChI is InChI=1S/C14H26N2O/c1-3-5-6-12-16-14(17)9-8-13(7-4-2)10-11-15/h1,13H,4-12,15H2,2H3,(H,16,17). The number of carbonyl (C=O) groups is 1. The highest BCUT2D eigenvalue weighted by atomic mass is 16.1. The Bertz CT molecular complexity index is 227. The molecule has 1 atom stereocenters. The van der Waals surface area contributed by atoms with E-state index in [0.29, 0.717) is 25.4 Å². The van der Waals surface area contributed by atoms with E-state index < -0.39 is 0 Å². The van der Waals surface area contributed by atoms with Crippen LogP contribution in [0.5, 0.6) is 0 Å². The second-order valence-corrected chi connectivity index (χ2v) is 4.43. The van der Waals surface area contributed by atoms with Crippen molar-refractivity contribution in [2.75, 3.05) is 13.1 Å². The smallest absolute Gasteiger partial charge is 0.220 e. The maximum atomic E-state index is 11.5. The number of nitrogens with two attached hydrogens (primary N) is 1. The fraction of sp³-hybridized carbons (Fsp3) is 0.786. The molecule has 98 valence electrons. The van der Waals surface area contributed by atoms with Crippen LogP contribution in [0.3, 0.4) is 0 Å². The third-order valence-electron chi connectivity index (χ3n) is 2.87. The lowest BCUT2D eigenvalue weighted by molar-refractivity contribution is -0.121. The van der Waals surface area contributed by atoms with Gasteiger partial charge in [-0.15, -0.1) is 12.3 Å². The predicted molar refractivity (Wildman–Crippen MR) is 72.4 cm³/mol. The van der Waals surface area contributed by atoms with E-state index in [2.05, 4.69) is 18.2 Å². The van der Waals surface area contributed by atoms with E-state index in [4.69, 9.17) is 12.2 Å². The Morgan fingerprint density at radius 1 is 1.41 bits per heavy atom. The van der Waals surface area contributed by atoms with Crippen LogP contribution in [0.1, 0.15) is 51.9 Å². The third kappa shape index (κ3) is 9.89. The molecule has 0 spiro atoms. The van der Waals surface area contributed by atoms with Crippen LogP contribution in [0.15, 0.2) is 0 Å². The molecule has 0 radical (unpaired) electrons. The molecule has 0 heterocycles. The number of unbranched alkanes of at least 4 members (excludes halogenated alkanes) is 1. The average Bonchev–Trinajstić information content (AvgIpc) is 2.32. The van der Waals surface area contributed by atoms with Crippen molar-refractivity contribution in [2.45, 2.75) is 51.9 Å². The van der Waals surface area contributed by atoms with E-state index in [0.717, 1.165) is 32.1 Å². The molecule has 0 saturated carbocycles. The molecule has 0 aliphatic rings. The van der Waals surface area contributed by atoms with Gasteiger partial charge in [0, 0.05) is 19.4 Å². The fourth-order valence-electron chi connectivity index (χ4n) is 1.92. The summed E-state index contributed by atoms with van der Waals surface area (Å²) >= 11 is 0. The summed E-state index contributed by atoms with van der Waals surface area (Å²) in [6.07, 6.45) is 11.6. The summed E-state index contributed by atoms with van der Waals surface area (Å²) in [4.78, 5) is 11.5. The van der Waals surface area contributed by atoms with Crippen LogP contribution in [-0.4, -0.2) is 19.0 Å². The van der Waals surface area contributed by atoms with Crippen LogP contribution in [0, 0.1) is 18.3 Å². The van der Waals surface area contributed by atoms with Crippen molar-refractivity contribution in [1.29, 1.82) is 0 Å². The highest BCUT2D eigenvalue weighted by molar-refractivity contribution is 5.75. The van der Waals surface area contributed by atoms with Crippen LogP contribution in [0.25, 0.3) is 0 Å². The zero-order valence-corrected chi connectivity index (χ0v) is 11.0. The molecule has 0 aromatic heterocycles. The predicted octanol–water partition coefficient (Wildman–Crippen LogP) is 2.06. The molecule has 0 rings (SSSR count). The molecular formula is C14H26N2O. The summed E-state index contributed by atoms with van der Waals surface area (Å²) in [7, 11) is 0. The summed E-state index contributed by atoms with van der Waals surface area (Å²) in [6, 6.07) is 0. The number of carbonyl (C=O) groups excluding carboxylic acids is 1. The topological polar surface area (TPSA) is 55.1 Å². The first-order valence-corrected chi connectivity index (χ1v) is 6.64. The maximum absolute atomic E-state index is 11.5. The number of terminal acetylenes is 1. The Labute approximate surface area is 106 Å². The molecule has 0 aliphatic carbocycles. The van der Waals surface area contributed by atoms with Gasteiger partial charge >= 0.3 is 0 Å². The molecule has 0 saturated heterocycles. The van der Waals surface area contributed by atoms with Gasteiger partial charge in [0.15, 0.2) is 0 Å². The van der Waals surface area contributed by atoms with Crippen molar-refractivity contribution < 1.29 is 4.79 Å². The van der Waals surface area contributed by atoms with Gasteiger partial charge in [0.25, 0.3) is 0 Å². The minimum Gasteiger partial charge on any atom is -0.356 e. The van der Waals surface area contributed by atoms with Crippen LogP contribution in [-0.2, 0) is 4.79 Å². The third-order valence-corrected chi connectivity index (χ3v) is 2.87. The van der Waals surface area contributed by atoms with Gasteiger partial charge in [0.05, 0.1) is 0 Å². The molecule has 0 aromatic rings. The Morgan fingerprint density at radius 2 is 2.18 bits per heavy atom. The van der Waals surface area contributed by atoms with Crippen molar-refractivity contribution >= 4 is 5.91 Å². The van der Waals surface area contributed by atoms with Crippen molar-refractivity contribution in [3.8, 4) is 12.3 Å². The van der Waals surface area contributed by atoms with E-state index in [1.165, 1.54) is 6.42 Å². The van der Waals surface area contributed by atoms with E-state index >= 15 is 0 Å². The quantitative estimate of drug-likeness (QED) is 0.452. The number of hydrogen-bond acceptors (Lipinski definition) is 2. The minimum atomic E-state index is 0.139. The summed E-state index contributed by atoms with van der Waals surface area (Å²) in [5, 5.41) is 2.89. The van der Waals surface area contributed by atoms with Gasteiger partial charge in [0.1, 0.15) is 0 Å². The zero-order valence-electron chi connectivity index (χ0n) is 11.0. The van der Waals surface area contributed by atoms with Gasteiger partial charge in [0.2, 0.25) is 5.91 Å². The Kier molecular flexibility index (Phi) is 10.8. The van der Waals surface area contributed by atoms with Crippen LogP contribution in [0.2, 0.25) is 0 Å². The Morgan fingerprint density at radius 3 is 2.76 bits per heavy atom.